The maximum atomic E-state index is 12.5. The fraction of sp³-hybridized carbons (Fsp3) is 0.278. The van der Waals surface area contributed by atoms with Gasteiger partial charge in [-0.05, 0) is 36.8 Å². The molecule has 3 rings (SSSR count). The standard InChI is InChI=1S/C18H21N3O3S2/c1-13(14-6-8-15(9-7-14)26(19,23)24)20-18(22)12-21-10-11-25-17-5-3-2-4-16(17)21/h2-9,13H,10-12H2,1H3,(H,20,22)(H2,19,23,24)/t13-/m1/s1. The lowest BCUT2D eigenvalue weighted by molar-refractivity contribution is -0.120. The number of sulfonamides is 1. The van der Waals surface area contributed by atoms with Crippen LogP contribution in [0.15, 0.2) is 58.3 Å². The smallest absolute Gasteiger partial charge is 0.239 e. The number of benzene rings is 2. The van der Waals surface area contributed by atoms with Crippen molar-refractivity contribution in [3.05, 3.63) is 54.1 Å². The molecule has 0 fully saturated rings. The average molecular weight is 392 g/mol. The van der Waals surface area contributed by atoms with E-state index < -0.39 is 10.0 Å². The molecule has 0 saturated heterocycles. The van der Waals surface area contributed by atoms with E-state index >= 15 is 0 Å². The van der Waals surface area contributed by atoms with Crippen LogP contribution in [0.1, 0.15) is 18.5 Å². The number of primary sulfonamides is 1. The van der Waals surface area contributed by atoms with Crippen molar-refractivity contribution in [2.45, 2.75) is 22.8 Å². The second kappa shape index (κ2) is 7.69. The normalized spacial score (nSPS) is 15.2. The van der Waals surface area contributed by atoms with E-state index in [1.165, 1.54) is 17.0 Å². The Kier molecular flexibility index (Phi) is 5.55. The third-order valence-corrected chi connectivity index (χ3v) is 6.22. The highest BCUT2D eigenvalue weighted by atomic mass is 32.2. The van der Waals surface area contributed by atoms with Crippen molar-refractivity contribution < 1.29 is 13.2 Å². The van der Waals surface area contributed by atoms with Crippen molar-refractivity contribution in [2.24, 2.45) is 5.14 Å². The molecule has 1 aliphatic heterocycles. The molecule has 26 heavy (non-hydrogen) atoms. The topological polar surface area (TPSA) is 92.5 Å². The number of nitrogens with one attached hydrogen (secondary N) is 1. The molecule has 1 heterocycles. The predicted octanol–water partition coefficient (Wildman–Crippen LogP) is 2.12. The van der Waals surface area contributed by atoms with Gasteiger partial charge in [-0.15, -0.1) is 11.8 Å². The highest BCUT2D eigenvalue weighted by molar-refractivity contribution is 7.99. The summed E-state index contributed by atoms with van der Waals surface area (Å²) in [4.78, 5) is 15.8. The molecule has 3 N–H and O–H groups in total. The van der Waals surface area contributed by atoms with Crippen molar-refractivity contribution in [1.82, 2.24) is 5.32 Å². The molecule has 6 nitrogen and oxygen atoms in total. The second-order valence-corrected chi connectivity index (χ2v) is 8.84. The van der Waals surface area contributed by atoms with Gasteiger partial charge in [0.15, 0.2) is 0 Å². The van der Waals surface area contributed by atoms with Gasteiger partial charge in [-0.3, -0.25) is 4.79 Å². The number of nitrogens with zero attached hydrogens (tertiary/aromatic N) is 1. The lowest BCUT2D eigenvalue weighted by Gasteiger charge is -2.30. The molecule has 8 heteroatoms. The molecule has 0 unspecified atom stereocenters. The SMILES string of the molecule is C[C@@H](NC(=O)CN1CCSc2ccccc21)c1ccc(S(N)(=O)=O)cc1. The minimum absolute atomic E-state index is 0.0576. The Morgan fingerprint density at radius 3 is 2.62 bits per heavy atom. The summed E-state index contributed by atoms with van der Waals surface area (Å²) in [7, 11) is -3.71. The fourth-order valence-corrected chi connectivity index (χ4v) is 4.45. The molecule has 138 valence electrons. The number of amides is 1. The van der Waals surface area contributed by atoms with Crippen LogP contribution in [-0.2, 0) is 14.8 Å². The van der Waals surface area contributed by atoms with E-state index in [2.05, 4.69) is 16.3 Å². The summed E-state index contributed by atoms with van der Waals surface area (Å²) in [5.74, 6) is 0.879. The minimum atomic E-state index is -3.71. The third-order valence-electron chi connectivity index (χ3n) is 4.25. The fourth-order valence-electron chi connectivity index (χ4n) is 2.88. The highest BCUT2D eigenvalue weighted by Gasteiger charge is 2.20. The molecule has 0 spiro atoms. The van der Waals surface area contributed by atoms with E-state index in [4.69, 9.17) is 5.14 Å². The zero-order chi connectivity index (χ0) is 18.7. The van der Waals surface area contributed by atoms with Crippen LogP contribution in [0.2, 0.25) is 0 Å². The maximum Gasteiger partial charge on any atom is 0.239 e. The first kappa shape index (κ1) is 18.8. The van der Waals surface area contributed by atoms with Crippen LogP contribution >= 0.6 is 11.8 Å². The van der Waals surface area contributed by atoms with Crippen LogP contribution in [0.25, 0.3) is 0 Å². The van der Waals surface area contributed by atoms with Crippen LogP contribution in [0.5, 0.6) is 0 Å². The number of carbonyl (C=O) groups excluding carboxylic acids is 1. The van der Waals surface area contributed by atoms with Gasteiger partial charge in [0.05, 0.1) is 23.2 Å². The van der Waals surface area contributed by atoms with Crippen molar-refractivity contribution in [3.8, 4) is 0 Å². The summed E-state index contributed by atoms with van der Waals surface area (Å²) in [6.07, 6.45) is 0. The number of carbonyl (C=O) groups is 1. The lowest BCUT2D eigenvalue weighted by atomic mass is 10.1. The minimum Gasteiger partial charge on any atom is -0.360 e. The third kappa shape index (κ3) is 4.38. The Morgan fingerprint density at radius 2 is 1.92 bits per heavy atom. The van der Waals surface area contributed by atoms with E-state index in [-0.39, 0.29) is 23.4 Å². The first-order valence-electron chi connectivity index (χ1n) is 8.23. The summed E-state index contributed by atoms with van der Waals surface area (Å²) < 4.78 is 22.6. The molecule has 0 aromatic heterocycles. The number of anilines is 1. The van der Waals surface area contributed by atoms with Gasteiger partial charge < -0.3 is 10.2 Å². The Bertz CT molecular complexity index is 898. The molecule has 2 aromatic carbocycles. The van der Waals surface area contributed by atoms with Crippen LogP contribution < -0.4 is 15.4 Å². The van der Waals surface area contributed by atoms with E-state index in [0.717, 1.165) is 23.5 Å². The van der Waals surface area contributed by atoms with E-state index in [1.54, 1.807) is 23.9 Å². The average Bonchev–Trinajstić information content (AvgIpc) is 2.61. The Morgan fingerprint density at radius 1 is 1.23 bits per heavy atom. The molecule has 0 radical (unpaired) electrons. The van der Waals surface area contributed by atoms with Crippen molar-refractivity contribution >= 4 is 33.4 Å². The number of hydrogen-bond acceptors (Lipinski definition) is 5. The Balaban J connectivity index is 1.63. The number of fused-ring (bicyclic) bond motifs is 1. The van der Waals surface area contributed by atoms with Gasteiger partial charge in [0.2, 0.25) is 15.9 Å². The van der Waals surface area contributed by atoms with Gasteiger partial charge in [0.1, 0.15) is 0 Å². The van der Waals surface area contributed by atoms with Gasteiger partial charge in [0, 0.05) is 17.2 Å². The summed E-state index contributed by atoms with van der Waals surface area (Å²) in [6, 6.07) is 14.1. The summed E-state index contributed by atoms with van der Waals surface area (Å²) in [6.45, 7) is 2.98. The summed E-state index contributed by atoms with van der Waals surface area (Å²) in [5, 5.41) is 8.07. The van der Waals surface area contributed by atoms with Crippen molar-refractivity contribution in [3.63, 3.8) is 0 Å². The maximum absolute atomic E-state index is 12.5. The molecule has 0 bridgehead atoms. The summed E-state index contributed by atoms with van der Waals surface area (Å²) >= 11 is 1.80. The molecular weight excluding hydrogens is 370 g/mol. The molecule has 1 aliphatic rings. The van der Waals surface area contributed by atoms with Gasteiger partial charge in [-0.1, -0.05) is 24.3 Å². The zero-order valence-electron chi connectivity index (χ0n) is 14.4. The van der Waals surface area contributed by atoms with Gasteiger partial charge >= 0.3 is 0 Å². The van der Waals surface area contributed by atoms with Crippen molar-refractivity contribution in [2.75, 3.05) is 23.7 Å². The number of thioether (sulfide) groups is 1. The van der Waals surface area contributed by atoms with Gasteiger partial charge in [0.25, 0.3) is 0 Å². The quantitative estimate of drug-likeness (QED) is 0.814. The van der Waals surface area contributed by atoms with E-state index in [1.807, 2.05) is 25.1 Å². The van der Waals surface area contributed by atoms with Crippen LogP contribution in [0, 0.1) is 0 Å². The molecule has 0 saturated carbocycles. The van der Waals surface area contributed by atoms with Gasteiger partial charge in [-0.2, -0.15) is 0 Å². The van der Waals surface area contributed by atoms with Crippen molar-refractivity contribution in [1.29, 1.82) is 0 Å². The molecule has 1 amide bonds. The molecule has 2 aromatic rings. The molecule has 0 aliphatic carbocycles. The van der Waals surface area contributed by atoms with E-state index in [9.17, 15) is 13.2 Å². The first-order valence-corrected chi connectivity index (χ1v) is 10.8. The Labute approximate surface area is 157 Å². The predicted molar refractivity (Wildman–Crippen MR) is 104 cm³/mol. The summed E-state index contributed by atoms with van der Waals surface area (Å²) in [5.41, 5.74) is 1.91. The monoisotopic (exact) mass is 391 g/mol. The number of nitrogens with two attached hydrogens (primary N) is 1. The zero-order valence-corrected chi connectivity index (χ0v) is 16.0. The number of hydrogen-bond donors (Lipinski definition) is 2. The van der Waals surface area contributed by atoms with E-state index in [0.29, 0.717) is 0 Å². The second-order valence-electron chi connectivity index (χ2n) is 6.14. The number of rotatable bonds is 5. The largest absolute Gasteiger partial charge is 0.360 e. The van der Waals surface area contributed by atoms with Crippen LogP contribution in [0.4, 0.5) is 5.69 Å². The lowest BCUT2D eigenvalue weighted by Crippen LogP contribution is -2.40. The highest BCUT2D eigenvalue weighted by Crippen LogP contribution is 2.34. The van der Waals surface area contributed by atoms with Gasteiger partial charge in [-0.25, -0.2) is 13.6 Å². The molecular formula is C18H21N3O3S2. The van der Waals surface area contributed by atoms with Crippen LogP contribution in [0.3, 0.4) is 0 Å². The first-order chi connectivity index (χ1) is 12.3. The van der Waals surface area contributed by atoms with Crippen LogP contribution in [-0.4, -0.2) is 33.2 Å². The molecule has 1 atom stereocenters. The number of para-hydroxylation sites is 1. The Hall–Kier alpha value is -2.03.